The van der Waals surface area contributed by atoms with Crippen molar-refractivity contribution >= 4 is 0 Å². The summed E-state index contributed by atoms with van der Waals surface area (Å²) >= 11 is 0. The monoisotopic (exact) mass is 282 g/mol. The van der Waals surface area contributed by atoms with E-state index in [2.05, 4.69) is 24.1 Å². The zero-order valence-electron chi connectivity index (χ0n) is 14.5. The molecule has 3 fully saturated rings. The summed E-state index contributed by atoms with van der Waals surface area (Å²) in [5, 5.41) is 3.50. The summed E-state index contributed by atoms with van der Waals surface area (Å²) in [6.45, 7) is 13.6. The van der Waals surface area contributed by atoms with Crippen LogP contribution in [0.5, 0.6) is 0 Å². The highest BCUT2D eigenvalue weighted by molar-refractivity contribution is 4.93. The summed E-state index contributed by atoms with van der Waals surface area (Å²) in [6.07, 6.45) is 11.6. The van der Waals surface area contributed by atoms with E-state index in [9.17, 15) is 0 Å². The molecule has 2 aliphatic heterocycles. The summed E-state index contributed by atoms with van der Waals surface area (Å²) in [7, 11) is 0. The zero-order valence-corrected chi connectivity index (χ0v) is 14.5. The summed E-state index contributed by atoms with van der Waals surface area (Å²) in [6, 6.07) is 0.958. The van der Waals surface area contributed by atoms with Gasteiger partial charge in [-0.05, 0) is 76.5 Å². The fourth-order valence-electron chi connectivity index (χ4n) is 3.74. The van der Waals surface area contributed by atoms with Crippen LogP contribution in [0, 0.1) is 5.41 Å². The topological polar surface area (TPSA) is 15.3 Å². The molecular formula is C18H38N2. The lowest BCUT2D eigenvalue weighted by Crippen LogP contribution is -2.49. The minimum Gasteiger partial charge on any atom is -0.317 e. The largest absolute Gasteiger partial charge is 0.317 e. The molecule has 2 saturated heterocycles. The Morgan fingerprint density at radius 2 is 1.45 bits per heavy atom. The van der Waals surface area contributed by atoms with E-state index in [1.54, 1.807) is 0 Å². The van der Waals surface area contributed by atoms with Gasteiger partial charge in [-0.15, -0.1) is 0 Å². The van der Waals surface area contributed by atoms with Gasteiger partial charge < -0.3 is 10.2 Å². The molecule has 0 unspecified atom stereocenters. The molecule has 2 nitrogen and oxygen atoms in total. The van der Waals surface area contributed by atoms with Crippen LogP contribution in [0.2, 0.25) is 0 Å². The molecule has 120 valence electrons. The van der Waals surface area contributed by atoms with E-state index in [1.807, 2.05) is 13.8 Å². The minimum atomic E-state index is 0.757. The van der Waals surface area contributed by atoms with Crippen molar-refractivity contribution < 1.29 is 0 Å². The van der Waals surface area contributed by atoms with Crippen LogP contribution < -0.4 is 5.32 Å². The average molecular weight is 283 g/mol. The maximum atomic E-state index is 3.50. The van der Waals surface area contributed by atoms with Crippen LogP contribution in [0.3, 0.4) is 0 Å². The summed E-state index contributed by atoms with van der Waals surface area (Å²) in [5.41, 5.74) is 0.757. The van der Waals surface area contributed by atoms with Gasteiger partial charge >= 0.3 is 0 Å². The van der Waals surface area contributed by atoms with Gasteiger partial charge in [-0.2, -0.15) is 0 Å². The average Bonchev–Trinajstić information content (AvgIpc) is 2.44. The van der Waals surface area contributed by atoms with Crippen molar-refractivity contribution in [1.29, 1.82) is 0 Å². The van der Waals surface area contributed by atoms with Crippen LogP contribution in [0.4, 0.5) is 0 Å². The molecule has 0 aromatic rings. The van der Waals surface area contributed by atoms with E-state index in [0.717, 1.165) is 11.5 Å². The number of nitrogens with zero attached hydrogens (tertiary/aromatic N) is 1. The smallest absolute Gasteiger partial charge is 0.00956 e. The van der Waals surface area contributed by atoms with Crippen molar-refractivity contribution in [3.05, 3.63) is 0 Å². The van der Waals surface area contributed by atoms with Crippen LogP contribution in [-0.4, -0.2) is 37.1 Å². The first-order valence-corrected chi connectivity index (χ1v) is 9.24. The highest BCUT2D eigenvalue weighted by Gasteiger charge is 2.38. The third-order valence-corrected chi connectivity index (χ3v) is 5.09. The Morgan fingerprint density at radius 3 is 1.85 bits per heavy atom. The Morgan fingerprint density at radius 1 is 0.950 bits per heavy atom. The maximum absolute atomic E-state index is 3.50. The minimum absolute atomic E-state index is 0.757. The lowest BCUT2D eigenvalue weighted by Gasteiger charge is -2.48. The predicted molar refractivity (Wildman–Crippen MR) is 90.3 cm³/mol. The second kappa shape index (κ2) is 9.78. The Labute approximate surface area is 127 Å². The zero-order chi connectivity index (χ0) is 14.8. The fraction of sp³-hybridized carbons (Fsp3) is 1.00. The van der Waals surface area contributed by atoms with Gasteiger partial charge in [-0.1, -0.05) is 34.1 Å². The number of hydrogen-bond donors (Lipinski definition) is 1. The molecular weight excluding hydrogens is 244 g/mol. The van der Waals surface area contributed by atoms with Gasteiger partial charge in [0.15, 0.2) is 0 Å². The number of rotatable bonds is 1. The van der Waals surface area contributed by atoms with E-state index in [0.29, 0.717) is 0 Å². The van der Waals surface area contributed by atoms with Gasteiger partial charge in [-0.25, -0.2) is 0 Å². The summed E-state index contributed by atoms with van der Waals surface area (Å²) in [5.74, 6) is 0. The molecule has 0 radical (unpaired) electrons. The van der Waals surface area contributed by atoms with Crippen molar-refractivity contribution in [2.45, 2.75) is 85.1 Å². The Balaban J connectivity index is 0.000000357. The van der Waals surface area contributed by atoms with Crippen LogP contribution >= 0.6 is 0 Å². The van der Waals surface area contributed by atoms with Gasteiger partial charge in [-0.3, -0.25) is 0 Å². The van der Waals surface area contributed by atoms with Crippen LogP contribution in [0.25, 0.3) is 0 Å². The highest BCUT2D eigenvalue weighted by Crippen LogP contribution is 2.44. The Hall–Kier alpha value is -0.0800. The van der Waals surface area contributed by atoms with Crippen molar-refractivity contribution in [2.75, 3.05) is 26.2 Å². The quantitative estimate of drug-likeness (QED) is 0.764. The van der Waals surface area contributed by atoms with Gasteiger partial charge in [0.25, 0.3) is 0 Å². The molecule has 3 aliphatic rings. The molecule has 20 heavy (non-hydrogen) atoms. The Bertz CT molecular complexity index is 220. The van der Waals surface area contributed by atoms with Gasteiger partial charge in [0.1, 0.15) is 0 Å². The Kier molecular flexibility index (Phi) is 8.79. The molecule has 1 aliphatic carbocycles. The number of likely N-dealkylation sites (tertiary alicyclic amines) is 1. The maximum Gasteiger partial charge on any atom is 0.00956 e. The van der Waals surface area contributed by atoms with E-state index in [1.165, 1.54) is 77.5 Å². The molecule has 0 aromatic carbocycles. The number of piperidine rings is 1. The number of nitrogens with one attached hydrogen (secondary N) is 1. The van der Waals surface area contributed by atoms with E-state index in [4.69, 9.17) is 0 Å². The molecule has 0 amide bonds. The lowest BCUT2D eigenvalue weighted by atomic mass is 9.67. The fourth-order valence-corrected chi connectivity index (χ4v) is 3.74. The van der Waals surface area contributed by atoms with Crippen LogP contribution in [-0.2, 0) is 0 Å². The molecule has 3 rings (SSSR count). The summed E-state index contributed by atoms with van der Waals surface area (Å²) < 4.78 is 0. The van der Waals surface area contributed by atoms with Crippen molar-refractivity contribution in [3.63, 3.8) is 0 Å². The first-order chi connectivity index (χ1) is 9.79. The SMILES string of the molecule is C1CN(C2CCC3(CCNCC3)CC2)C1.CC.CCC. The predicted octanol–water partition coefficient (Wildman–Crippen LogP) is 4.45. The molecule has 1 saturated carbocycles. The first kappa shape index (κ1) is 18.0. The second-order valence-electron chi connectivity index (χ2n) is 6.58. The third kappa shape index (κ3) is 5.04. The van der Waals surface area contributed by atoms with Crippen molar-refractivity contribution in [2.24, 2.45) is 5.41 Å². The molecule has 1 spiro atoms. The van der Waals surface area contributed by atoms with Crippen LogP contribution in [0.1, 0.15) is 79.1 Å². The van der Waals surface area contributed by atoms with Crippen molar-refractivity contribution in [3.8, 4) is 0 Å². The van der Waals surface area contributed by atoms with E-state index < -0.39 is 0 Å². The molecule has 2 heteroatoms. The van der Waals surface area contributed by atoms with Crippen LogP contribution in [0.15, 0.2) is 0 Å². The molecule has 0 aromatic heterocycles. The van der Waals surface area contributed by atoms with Crippen molar-refractivity contribution in [1.82, 2.24) is 10.2 Å². The standard InChI is InChI=1S/C13H24N2.C3H8.C2H6/c1-10-15(11-1)12-2-4-13(5-3-12)6-8-14-9-7-13;1-3-2;1-2/h12,14H,1-11H2;3H2,1-2H3;1-2H3. The molecule has 1 N–H and O–H groups in total. The molecule has 0 bridgehead atoms. The first-order valence-electron chi connectivity index (χ1n) is 9.24. The van der Waals surface area contributed by atoms with Gasteiger partial charge in [0.05, 0.1) is 0 Å². The second-order valence-corrected chi connectivity index (χ2v) is 6.58. The lowest BCUT2D eigenvalue weighted by molar-refractivity contribution is 0.0359. The molecule has 2 heterocycles. The molecule has 0 atom stereocenters. The number of hydrogen-bond acceptors (Lipinski definition) is 2. The van der Waals surface area contributed by atoms with Gasteiger partial charge in [0.2, 0.25) is 0 Å². The normalized spacial score (nSPS) is 25.8. The van der Waals surface area contributed by atoms with E-state index >= 15 is 0 Å². The summed E-state index contributed by atoms with van der Waals surface area (Å²) in [4.78, 5) is 2.72. The van der Waals surface area contributed by atoms with E-state index in [-0.39, 0.29) is 0 Å². The third-order valence-electron chi connectivity index (χ3n) is 5.09. The van der Waals surface area contributed by atoms with Gasteiger partial charge in [0, 0.05) is 6.04 Å². The highest BCUT2D eigenvalue weighted by atomic mass is 15.2.